The molecule has 5 rings (SSSR count). The Morgan fingerprint density at radius 3 is 2.56 bits per heavy atom. The first-order valence-electron chi connectivity index (χ1n) is 13.5. The summed E-state index contributed by atoms with van der Waals surface area (Å²) in [6, 6.07) is 20.4. The van der Waals surface area contributed by atoms with Gasteiger partial charge in [0.25, 0.3) is 0 Å². The van der Waals surface area contributed by atoms with Crippen LogP contribution in [0.15, 0.2) is 77.2 Å². The fourth-order valence-corrected chi connectivity index (χ4v) is 4.72. The minimum Gasteiger partial charge on any atom is -0.493 e. The summed E-state index contributed by atoms with van der Waals surface area (Å²) >= 11 is 0. The van der Waals surface area contributed by atoms with Gasteiger partial charge in [-0.1, -0.05) is 42.5 Å². The Hall–Kier alpha value is -4.85. The number of ether oxygens (including phenoxy) is 3. The number of aliphatic carboxylic acids is 1. The second kappa shape index (κ2) is 12.6. The topological polar surface area (TPSA) is 108 Å². The van der Waals surface area contributed by atoms with Gasteiger partial charge in [-0.05, 0) is 68.1 Å². The summed E-state index contributed by atoms with van der Waals surface area (Å²) in [6.07, 6.45) is 4.61. The molecule has 1 atom stereocenters. The van der Waals surface area contributed by atoms with Gasteiger partial charge in [0.2, 0.25) is 5.89 Å². The molecule has 0 saturated heterocycles. The lowest BCUT2D eigenvalue weighted by Crippen LogP contribution is -2.26. The quantitative estimate of drug-likeness (QED) is 0.207. The molecule has 0 fully saturated rings. The third kappa shape index (κ3) is 6.49. The number of ketones is 1. The molecule has 3 aromatic carbocycles. The zero-order chi connectivity index (χ0) is 28.8. The smallest absolute Gasteiger partial charge is 0.344 e. The number of fused-ring (bicyclic) bond motifs is 1. The van der Waals surface area contributed by atoms with Crippen LogP contribution in [-0.4, -0.2) is 35.1 Å². The van der Waals surface area contributed by atoms with Gasteiger partial charge in [0.05, 0.1) is 7.11 Å². The van der Waals surface area contributed by atoms with Gasteiger partial charge in [-0.3, -0.25) is 4.79 Å². The number of carboxylic acid groups (broad SMARTS) is 1. The van der Waals surface area contributed by atoms with Crippen LogP contribution < -0.4 is 14.2 Å². The Morgan fingerprint density at radius 2 is 1.80 bits per heavy atom. The van der Waals surface area contributed by atoms with Crippen molar-refractivity contribution in [3.63, 3.8) is 0 Å². The van der Waals surface area contributed by atoms with Crippen LogP contribution in [0.25, 0.3) is 17.5 Å². The van der Waals surface area contributed by atoms with Crippen LogP contribution in [0.1, 0.15) is 52.2 Å². The number of allylic oxidation sites excluding steroid dienone is 1. The minimum atomic E-state index is -1.05. The van der Waals surface area contributed by atoms with Crippen LogP contribution in [0.5, 0.6) is 17.2 Å². The van der Waals surface area contributed by atoms with E-state index in [4.69, 9.17) is 18.6 Å². The Morgan fingerprint density at radius 1 is 1.05 bits per heavy atom. The summed E-state index contributed by atoms with van der Waals surface area (Å²) in [4.78, 5) is 28.9. The van der Waals surface area contributed by atoms with Crippen molar-refractivity contribution in [2.24, 2.45) is 0 Å². The van der Waals surface area contributed by atoms with E-state index in [2.05, 4.69) is 4.98 Å². The van der Waals surface area contributed by atoms with Gasteiger partial charge in [-0.25, -0.2) is 9.78 Å². The molecule has 0 saturated carbocycles. The van der Waals surface area contributed by atoms with Crippen molar-refractivity contribution in [1.29, 1.82) is 0 Å². The number of rotatable bonds is 12. The summed E-state index contributed by atoms with van der Waals surface area (Å²) in [5.41, 5.74) is 4.01. The van der Waals surface area contributed by atoms with E-state index in [0.29, 0.717) is 59.4 Å². The Balaban J connectivity index is 1.30. The number of hydrogen-bond acceptors (Lipinski definition) is 7. The molecule has 0 bridgehead atoms. The number of carboxylic acids is 1. The number of oxazole rings is 1. The molecular weight excluding hydrogens is 522 g/mol. The standard InChI is InChI=1S/C33H31NO7/c1-21-26(34-32(40-21)22-10-4-3-5-11-22)20-39-31-19-25-23(16-17-27(25)35)18-24(31)12-6-7-15-30(33(36)37)41-29-14-9-8-13-28(29)38-2/h3-6,8-14,18-19,30H,7,15-17,20H2,1-2H3,(H,36,37). The molecule has 0 radical (unpaired) electrons. The van der Waals surface area contributed by atoms with Crippen molar-refractivity contribution < 1.29 is 33.3 Å². The highest BCUT2D eigenvalue weighted by Gasteiger charge is 2.23. The fourth-order valence-electron chi connectivity index (χ4n) is 4.72. The maximum atomic E-state index is 12.4. The first-order valence-corrected chi connectivity index (χ1v) is 13.5. The monoisotopic (exact) mass is 553 g/mol. The van der Waals surface area contributed by atoms with Gasteiger partial charge in [0.15, 0.2) is 23.4 Å². The molecule has 4 aromatic rings. The van der Waals surface area contributed by atoms with E-state index in [1.54, 1.807) is 30.3 Å². The number of carbonyl (C=O) groups is 2. The van der Waals surface area contributed by atoms with Gasteiger partial charge in [0, 0.05) is 23.1 Å². The number of hydrogen-bond donors (Lipinski definition) is 1. The summed E-state index contributed by atoms with van der Waals surface area (Å²) < 4.78 is 23.1. The molecule has 0 aliphatic heterocycles. The van der Waals surface area contributed by atoms with Crippen LogP contribution in [0.3, 0.4) is 0 Å². The summed E-state index contributed by atoms with van der Waals surface area (Å²) in [7, 11) is 1.51. The third-order valence-corrected chi connectivity index (χ3v) is 6.94. The number of aryl methyl sites for hydroxylation is 2. The Labute approximate surface area is 238 Å². The van der Waals surface area contributed by atoms with Crippen LogP contribution in [0.2, 0.25) is 0 Å². The van der Waals surface area contributed by atoms with E-state index in [1.807, 2.05) is 55.5 Å². The van der Waals surface area contributed by atoms with E-state index < -0.39 is 12.1 Å². The highest BCUT2D eigenvalue weighted by molar-refractivity contribution is 6.01. The second-order valence-corrected chi connectivity index (χ2v) is 9.72. The van der Waals surface area contributed by atoms with E-state index in [9.17, 15) is 14.7 Å². The third-order valence-electron chi connectivity index (χ3n) is 6.94. The molecule has 210 valence electrons. The van der Waals surface area contributed by atoms with Crippen LogP contribution in [0.4, 0.5) is 0 Å². The molecule has 8 nitrogen and oxygen atoms in total. The molecule has 1 unspecified atom stereocenters. The first-order chi connectivity index (χ1) is 19.9. The van der Waals surface area contributed by atoms with Crippen molar-refractivity contribution in [3.05, 3.63) is 101 Å². The van der Waals surface area contributed by atoms with Crippen molar-refractivity contribution >= 4 is 17.8 Å². The number of nitrogens with zero attached hydrogens (tertiary/aromatic N) is 1. The van der Waals surface area contributed by atoms with Gasteiger partial charge in [-0.15, -0.1) is 0 Å². The van der Waals surface area contributed by atoms with E-state index in [1.165, 1.54) is 7.11 Å². The minimum absolute atomic E-state index is 0.0992. The number of para-hydroxylation sites is 2. The van der Waals surface area contributed by atoms with Crippen molar-refractivity contribution in [3.8, 4) is 28.7 Å². The maximum absolute atomic E-state index is 12.4. The molecule has 0 amide bonds. The molecule has 0 spiro atoms. The van der Waals surface area contributed by atoms with Crippen molar-refractivity contribution in [2.75, 3.05) is 7.11 Å². The van der Waals surface area contributed by atoms with Crippen molar-refractivity contribution in [2.45, 2.75) is 45.3 Å². The zero-order valence-corrected chi connectivity index (χ0v) is 23.0. The summed E-state index contributed by atoms with van der Waals surface area (Å²) in [5.74, 6) is 1.64. The van der Waals surface area contributed by atoms with Crippen LogP contribution >= 0.6 is 0 Å². The van der Waals surface area contributed by atoms with Crippen LogP contribution in [0, 0.1) is 6.92 Å². The Kier molecular flexibility index (Phi) is 8.48. The molecule has 1 aromatic heterocycles. The number of aromatic nitrogens is 1. The van der Waals surface area contributed by atoms with Gasteiger partial charge in [0.1, 0.15) is 23.8 Å². The van der Waals surface area contributed by atoms with Gasteiger partial charge < -0.3 is 23.7 Å². The number of methoxy groups -OCH3 is 1. The number of benzene rings is 3. The SMILES string of the molecule is COc1ccccc1OC(CCC=Cc1cc2c(cc1OCc1nc(-c3ccccc3)oc1C)C(=O)CC2)C(=O)O. The zero-order valence-electron chi connectivity index (χ0n) is 23.0. The van der Waals surface area contributed by atoms with E-state index in [0.717, 1.165) is 16.7 Å². The highest BCUT2D eigenvalue weighted by atomic mass is 16.5. The maximum Gasteiger partial charge on any atom is 0.344 e. The van der Waals surface area contributed by atoms with E-state index >= 15 is 0 Å². The van der Waals surface area contributed by atoms with Crippen LogP contribution in [-0.2, 0) is 17.8 Å². The predicted molar refractivity (Wildman–Crippen MR) is 153 cm³/mol. The lowest BCUT2D eigenvalue weighted by atomic mass is 10.0. The summed E-state index contributed by atoms with van der Waals surface area (Å²) in [5, 5.41) is 9.71. The first kappa shape index (κ1) is 27.7. The van der Waals surface area contributed by atoms with Gasteiger partial charge >= 0.3 is 5.97 Å². The normalized spacial score (nSPS) is 13.3. The highest BCUT2D eigenvalue weighted by Crippen LogP contribution is 2.32. The Bertz CT molecular complexity index is 1570. The molecule has 8 heteroatoms. The molecule has 1 aliphatic rings. The van der Waals surface area contributed by atoms with Crippen molar-refractivity contribution in [1.82, 2.24) is 4.98 Å². The molecule has 1 aliphatic carbocycles. The van der Waals surface area contributed by atoms with E-state index in [-0.39, 0.29) is 18.8 Å². The largest absolute Gasteiger partial charge is 0.493 e. The molecule has 1 N–H and O–H groups in total. The summed E-state index contributed by atoms with van der Waals surface area (Å²) in [6.45, 7) is 2.01. The predicted octanol–water partition coefficient (Wildman–Crippen LogP) is 6.69. The molecule has 41 heavy (non-hydrogen) atoms. The fraction of sp³-hybridized carbons (Fsp3) is 0.242. The average molecular weight is 554 g/mol. The molecular formula is C33H31NO7. The average Bonchev–Trinajstić information content (AvgIpc) is 3.54. The molecule has 1 heterocycles. The van der Waals surface area contributed by atoms with Gasteiger partial charge in [-0.2, -0.15) is 0 Å². The lowest BCUT2D eigenvalue weighted by Gasteiger charge is -2.16. The number of Topliss-reactive ketones (excluding diaryl/α,β-unsaturated/α-hetero) is 1. The lowest BCUT2D eigenvalue weighted by molar-refractivity contribution is -0.145. The second-order valence-electron chi connectivity index (χ2n) is 9.72. The number of carbonyl (C=O) groups excluding carboxylic acids is 1.